The maximum Gasteiger partial charge on any atom is 0.238 e. The molecule has 11 heteroatoms. The van der Waals surface area contributed by atoms with E-state index in [9.17, 15) is 8.42 Å². The van der Waals surface area contributed by atoms with Crippen LogP contribution in [0.5, 0.6) is 0 Å². The molecule has 1 aliphatic rings. The SMILES string of the molecule is CC1(C)CCC(CCc2ccc(S(N)(=O)=O)cc2-c2cnc(N)c(-n3cncn3)n2)O1. The standard InChI is InChI=1S/C20H25N7O3S/c1-20(2)8-7-14(30-20)5-3-13-4-6-15(31(22,28)29)9-16(13)17-10-24-18(21)19(26-17)27-12-23-11-25-27/h4,6,9-12,14H,3,5,7-8H2,1-2H3,(H2,21,24)(H2,22,28,29). The van der Waals surface area contributed by atoms with Gasteiger partial charge in [0.25, 0.3) is 0 Å². The van der Waals surface area contributed by atoms with Crippen LogP contribution in [0.2, 0.25) is 0 Å². The number of primary sulfonamides is 1. The predicted octanol–water partition coefficient (Wildman–Crippen LogP) is 1.84. The third kappa shape index (κ3) is 4.73. The zero-order chi connectivity index (χ0) is 22.2. The molecule has 3 heterocycles. The summed E-state index contributed by atoms with van der Waals surface area (Å²) in [5, 5.41) is 9.42. The van der Waals surface area contributed by atoms with Crippen molar-refractivity contribution in [3.05, 3.63) is 42.6 Å². The summed E-state index contributed by atoms with van der Waals surface area (Å²) in [6.45, 7) is 4.18. The molecule has 164 valence electrons. The number of nitrogens with zero attached hydrogens (tertiary/aromatic N) is 5. The molecule has 0 radical (unpaired) electrons. The van der Waals surface area contributed by atoms with E-state index in [0.29, 0.717) is 23.5 Å². The molecule has 0 aliphatic carbocycles. The highest BCUT2D eigenvalue weighted by molar-refractivity contribution is 7.89. The average molecular weight is 444 g/mol. The van der Waals surface area contributed by atoms with E-state index in [2.05, 4.69) is 33.9 Å². The lowest BCUT2D eigenvalue weighted by molar-refractivity contribution is -0.0180. The molecule has 0 bridgehead atoms. The van der Waals surface area contributed by atoms with Crippen LogP contribution in [-0.4, -0.2) is 44.9 Å². The van der Waals surface area contributed by atoms with Crippen LogP contribution in [0.15, 0.2) is 41.9 Å². The fraction of sp³-hybridized carbons (Fsp3) is 0.400. The third-order valence-electron chi connectivity index (χ3n) is 5.39. The second-order valence-electron chi connectivity index (χ2n) is 8.25. The molecule has 0 saturated carbocycles. The number of hydrogen-bond donors (Lipinski definition) is 2. The number of sulfonamides is 1. The van der Waals surface area contributed by atoms with E-state index in [1.165, 1.54) is 35.7 Å². The van der Waals surface area contributed by atoms with Crippen molar-refractivity contribution in [1.82, 2.24) is 24.7 Å². The summed E-state index contributed by atoms with van der Waals surface area (Å²) in [6, 6.07) is 4.80. The zero-order valence-electron chi connectivity index (χ0n) is 17.4. The fourth-order valence-electron chi connectivity index (χ4n) is 3.79. The van der Waals surface area contributed by atoms with Crippen LogP contribution in [0.25, 0.3) is 17.1 Å². The van der Waals surface area contributed by atoms with Crippen molar-refractivity contribution in [2.45, 2.75) is 56.1 Å². The Bertz CT molecular complexity index is 1190. The first-order chi connectivity index (χ1) is 14.6. The first-order valence-electron chi connectivity index (χ1n) is 9.94. The van der Waals surface area contributed by atoms with Gasteiger partial charge in [-0.05, 0) is 57.2 Å². The maximum atomic E-state index is 12.0. The summed E-state index contributed by atoms with van der Waals surface area (Å²) in [4.78, 5) is 12.7. The maximum absolute atomic E-state index is 12.0. The minimum Gasteiger partial charge on any atom is -0.381 e. The molecule has 4 N–H and O–H groups in total. The monoisotopic (exact) mass is 443 g/mol. The van der Waals surface area contributed by atoms with Crippen molar-refractivity contribution >= 4 is 15.8 Å². The molecule has 1 unspecified atom stereocenters. The number of benzene rings is 1. The second-order valence-corrected chi connectivity index (χ2v) is 9.81. The van der Waals surface area contributed by atoms with Crippen molar-refractivity contribution in [2.75, 3.05) is 5.73 Å². The molecular formula is C20H25N7O3S. The molecule has 10 nitrogen and oxygen atoms in total. The Kier molecular flexibility index (Phi) is 5.50. The van der Waals surface area contributed by atoms with Crippen LogP contribution in [0.4, 0.5) is 5.82 Å². The number of nitrogen functional groups attached to an aromatic ring is 1. The van der Waals surface area contributed by atoms with Gasteiger partial charge < -0.3 is 10.5 Å². The number of ether oxygens (including phenoxy) is 1. The molecule has 1 aliphatic heterocycles. The molecule has 2 aromatic heterocycles. The second kappa shape index (κ2) is 7.98. The highest BCUT2D eigenvalue weighted by atomic mass is 32.2. The predicted molar refractivity (Wildman–Crippen MR) is 115 cm³/mol. The quantitative estimate of drug-likeness (QED) is 0.585. The number of nitrogens with two attached hydrogens (primary N) is 2. The normalized spacial score (nSPS) is 18.4. The number of aryl methyl sites for hydroxylation is 1. The molecule has 4 rings (SSSR count). The number of anilines is 1. The van der Waals surface area contributed by atoms with Gasteiger partial charge in [0.05, 0.1) is 28.5 Å². The van der Waals surface area contributed by atoms with Crippen LogP contribution in [0.3, 0.4) is 0 Å². The van der Waals surface area contributed by atoms with Crippen LogP contribution >= 0.6 is 0 Å². The number of aromatic nitrogens is 5. The Hall–Kier alpha value is -2.89. The first kappa shape index (κ1) is 21.3. The Labute approximate surface area is 180 Å². The molecule has 31 heavy (non-hydrogen) atoms. The van der Waals surface area contributed by atoms with Gasteiger partial charge in [0, 0.05) is 5.56 Å². The van der Waals surface area contributed by atoms with E-state index in [1.54, 1.807) is 6.07 Å². The highest BCUT2D eigenvalue weighted by Crippen LogP contribution is 2.33. The molecule has 1 atom stereocenters. The molecule has 0 spiro atoms. The van der Waals surface area contributed by atoms with E-state index >= 15 is 0 Å². The van der Waals surface area contributed by atoms with Crippen LogP contribution in [0.1, 0.15) is 38.7 Å². The Morgan fingerprint density at radius 3 is 2.77 bits per heavy atom. The average Bonchev–Trinajstić information content (AvgIpc) is 3.35. The summed E-state index contributed by atoms with van der Waals surface area (Å²) in [7, 11) is -3.88. The topological polar surface area (TPSA) is 152 Å². The summed E-state index contributed by atoms with van der Waals surface area (Å²) >= 11 is 0. The third-order valence-corrected chi connectivity index (χ3v) is 6.30. The van der Waals surface area contributed by atoms with Crippen molar-refractivity contribution < 1.29 is 13.2 Å². The molecule has 1 saturated heterocycles. The van der Waals surface area contributed by atoms with Crippen LogP contribution in [0, 0.1) is 0 Å². The molecule has 1 fully saturated rings. The van der Waals surface area contributed by atoms with E-state index < -0.39 is 10.0 Å². The number of hydrogen-bond acceptors (Lipinski definition) is 8. The molecule has 1 aromatic carbocycles. The Balaban J connectivity index is 1.72. The van der Waals surface area contributed by atoms with Crippen LogP contribution < -0.4 is 10.9 Å². The molecule has 3 aromatic rings. The smallest absolute Gasteiger partial charge is 0.238 e. The Morgan fingerprint density at radius 1 is 1.32 bits per heavy atom. The minimum absolute atomic E-state index is 0.00503. The lowest BCUT2D eigenvalue weighted by Crippen LogP contribution is -2.20. The van der Waals surface area contributed by atoms with E-state index in [0.717, 1.165) is 24.8 Å². The van der Waals surface area contributed by atoms with Crippen molar-refractivity contribution in [1.29, 1.82) is 0 Å². The van der Waals surface area contributed by atoms with Gasteiger partial charge in [-0.15, -0.1) is 0 Å². The summed E-state index contributed by atoms with van der Waals surface area (Å²) in [6.07, 6.45) is 8.00. The zero-order valence-corrected chi connectivity index (χ0v) is 18.2. The van der Waals surface area contributed by atoms with Gasteiger partial charge in [0.2, 0.25) is 10.0 Å². The van der Waals surface area contributed by atoms with Crippen LogP contribution in [-0.2, 0) is 21.2 Å². The minimum atomic E-state index is -3.88. The lowest BCUT2D eigenvalue weighted by atomic mass is 9.98. The van der Waals surface area contributed by atoms with Crippen molar-refractivity contribution in [3.8, 4) is 17.1 Å². The summed E-state index contributed by atoms with van der Waals surface area (Å²) in [5.74, 6) is 0.489. The van der Waals surface area contributed by atoms with Gasteiger partial charge in [-0.2, -0.15) is 9.78 Å². The van der Waals surface area contributed by atoms with Gasteiger partial charge in [-0.1, -0.05) is 6.07 Å². The highest BCUT2D eigenvalue weighted by Gasteiger charge is 2.31. The lowest BCUT2D eigenvalue weighted by Gasteiger charge is -2.19. The van der Waals surface area contributed by atoms with E-state index in [-0.39, 0.29) is 22.4 Å². The van der Waals surface area contributed by atoms with Gasteiger partial charge in [0.1, 0.15) is 12.7 Å². The van der Waals surface area contributed by atoms with Gasteiger partial charge >= 0.3 is 0 Å². The van der Waals surface area contributed by atoms with Crippen molar-refractivity contribution in [2.24, 2.45) is 5.14 Å². The summed E-state index contributed by atoms with van der Waals surface area (Å²) in [5.41, 5.74) is 7.87. The first-order valence-corrected chi connectivity index (χ1v) is 11.5. The van der Waals surface area contributed by atoms with Gasteiger partial charge in [0.15, 0.2) is 11.6 Å². The molecular weight excluding hydrogens is 418 g/mol. The largest absolute Gasteiger partial charge is 0.381 e. The van der Waals surface area contributed by atoms with Gasteiger partial charge in [-0.3, -0.25) is 0 Å². The van der Waals surface area contributed by atoms with Crippen molar-refractivity contribution in [3.63, 3.8) is 0 Å². The fourth-order valence-corrected chi connectivity index (χ4v) is 4.33. The number of rotatable bonds is 6. The molecule has 0 amide bonds. The van der Waals surface area contributed by atoms with E-state index in [1.807, 2.05) is 0 Å². The summed E-state index contributed by atoms with van der Waals surface area (Å²) < 4.78 is 31.4. The van der Waals surface area contributed by atoms with E-state index in [4.69, 9.17) is 15.6 Å². The van der Waals surface area contributed by atoms with Gasteiger partial charge in [-0.25, -0.2) is 28.5 Å². The Morgan fingerprint density at radius 2 is 2.13 bits per heavy atom.